The minimum atomic E-state index is -4.69. The quantitative estimate of drug-likeness (QED) is 0.641. The Balaban J connectivity index is 1.99. The minimum Gasteiger partial charge on any atom is -0.335 e. The molecule has 0 radical (unpaired) electrons. The number of alkyl halides is 3. The molecule has 0 saturated carbocycles. The summed E-state index contributed by atoms with van der Waals surface area (Å²) in [5.41, 5.74) is 1.64. The van der Waals surface area contributed by atoms with Gasteiger partial charge in [-0.05, 0) is 18.1 Å². The van der Waals surface area contributed by atoms with Crippen molar-refractivity contribution in [3.8, 4) is 0 Å². The Morgan fingerprint density at radius 3 is 2.65 bits per heavy atom. The average Bonchev–Trinajstić information content (AvgIpc) is 2.87. The summed E-state index contributed by atoms with van der Waals surface area (Å²) in [6, 6.07) is 7.29. The Morgan fingerprint density at radius 1 is 1.35 bits per heavy atom. The maximum absolute atomic E-state index is 12.5. The topological polar surface area (TPSA) is 85.8 Å². The number of hydrogen-bond acceptors (Lipinski definition) is 5. The molecule has 0 aliphatic rings. The van der Waals surface area contributed by atoms with Gasteiger partial charge >= 0.3 is 6.18 Å². The summed E-state index contributed by atoms with van der Waals surface area (Å²) < 4.78 is 38.0. The van der Waals surface area contributed by atoms with Gasteiger partial charge in [-0.25, -0.2) is 4.68 Å². The van der Waals surface area contributed by atoms with Crippen LogP contribution >= 0.6 is 11.8 Å². The molecule has 6 nitrogen and oxygen atoms in total. The predicted octanol–water partition coefficient (Wildman–Crippen LogP) is 2.30. The van der Waals surface area contributed by atoms with E-state index in [1.54, 1.807) is 12.1 Å². The number of anilines is 1. The molecular weight excluding hydrogens is 331 g/mol. The van der Waals surface area contributed by atoms with Crippen LogP contribution in [0.5, 0.6) is 0 Å². The molecule has 0 saturated heterocycles. The molecule has 1 heterocycles. The fraction of sp³-hybridized carbons (Fsp3) is 0.308. The Bertz CT molecular complexity index is 701. The van der Waals surface area contributed by atoms with Crippen LogP contribution in [0.15, 0.2) is 29.4 Å². The van der Waals surface area contributed by atoms with Crippen LogP contribution in [0.3, 0.4) is 0 Å². The van der Waals surface area contributed by atoms with Gasteiger partial charge in [0.05, 0.1) is 5.75 Å². The summed E-state index contributed by atoms with van der Waals surface area (Å²) in [6.45, 7) is 1.95. The van der Waals surface area contributed by atoms with E-state index >= 15 is 0 Å². The van der Waals surface area contributed by atoms with Gasteiger partial charge in [-0.2, -0.15) is 13.2 Å². The second-order valence-corrected chi connectivity index (χ2v) is 5.46. The van der Waals surface area contributed by atoms with Crippen molar-refractivity contribution in [2.45, 2.75) is 24.7 Å². The van der Waals surface area contributed by atoms with Crippen LogP contribution in [-0.2, 0) is 17.4 Å². The molecule has 1 aromatic heterocycles. The maximum Gasteiger partial charge on any atom is 0.453 e. The monoisotopic (exact) mass is 345 g/mol. The van der Waals surface area contributed by atoms with Gasteiger partial charge < -0.3 is 11.2 Å². The van der Waals surface area contributed by atoms with Crippen molar-refractivity contribution in [1.82, 2.24) is 14.9 Å². The van der Waals surface area contributed by atoms with E-state index in [-0.39, 0.29) is 16.8 Å². The highest BCUT2D eigenvalue weighted by Crippen LogP contribution is 2.28. The minimum absolute atomic E-state index is 0.134. The van der Waals surface area contributed by atoms with Crippen LogP contribution in [0.4, 0.5) is 18.9 Å². The number of carbonyl (C=O) groups is 1. The van der Waals surface area contributed by atoms with Crippen LogP contribution in [0.25, 0.3) is 0 Å². The third-order valence-electron chi connectivity index (χ3n) is 2.92. The zero-order valence-corrected chi connectivity index (χ0v) is 12.9. The Morgan fingerprint density at radius 2 is 2.04 bits per heavy atom. The SMILES string of the molecule is CCc1ccccc1NC(=O)CSc1nnc(C(F)(F)F)n1N. The summed E-state index contributed by atoms with van der Waals surface area (Å²) in [5.74, 6) is 3.48. The molecule has 1 amide bonds. The number of para-hydroxylation sites is 1. The van der Waals surface area contributed by atoms with Crippen molar-refractivity contribution >= 4 is 23.4 Å². The van der Waals surface area contributed by atoms with Crippen molar-refractivity contribution in [2.24, 2.45) is 0 Å². The first kappa shape index (κ1) is 17.1. The first-order valence-electron chi connectivity index (χ1n) is 6.61. The lowest BCUT2D eigenvalue weighted by molar-refractivity contribution is -0.146. The number of hydrogen-bond donors (Lipinski definition) is 2. The smallest absolute Gasteiger partial charge is 0.335 e. The zero-order chi connectivity index (χ0) is 17.0. The summed E-state index contributed by atoms with van der Waals surface area (Å²) in [5, 5.41) is 8.86. The van der Waals surface area contributed by atoms with Crippen LogP contribution in [-0.4, -0.2) is 26.5 Å². The molecule has 124 valence electrons. The Kier molecular flexibility index (Phi) is 5.14. The molecule has 0 atom stereocenters. The fourth-order valence-electron chi connectivity index (χ4n) is 1.84. The second-order valence-electron chi connectivity index (χ2n) is 4.52. The Hall–Kier alpha value is -2.23. The number of amides is 1. The zero-order valence-electron chi connectivity index (χ0n) is 12.1. The normalized spacial score (nSPS) is 11.5. The third-order valence-corrected chi connectivity index (χ3v) is 3.87. The largest absolute Gasteiger partial charge is 0.453 e. The second kappa shape index (κ2) is 6.90. The van der Waals surface area contributed by atoms with Crippen molar-refractivity contribution in [3.05, 3.63) is 35.7 Å². The molecule has 0 aliphatic heterocycles. The highest BCUT2D eigenvalue weighted by molar-refractivity contribution is 7.99. The van der Waals surface area contributed by atoms with E-state index in [0.29, 0.717) is 10.4 Å². The number of nitrogens with one attached hydrogen (secondary N) is 1. The molecule has 0 unspecified atom stereocenters. The number of nitrogen functional groups attached to an aromatic ring is 1. The summed E-state index contributed by atoms with van der Waals surface area (Å²) in [4.78, 5) is 11.9. The van der Waals surface area contributed by atoms with E-state index in [1.807, 2.05) is 19.1 Å². The predicted molar refractivity (Wildman–Crippen MR) is 80.3 cm³/mol. The number of aromatic nitrogens is 3. The van der Waals surface area contributed by atoms with Gasteiger partial charge in [0.2, 0.25) is 11.1 Å². The number of nitrogens with zero attached hydrogens (tertiary/aromatic N) is 3. The van der Waals surface area contributed by atoms with E-state index in [9.17, 15) is 18.0 Å². The molecule has 2 rings (SSSR count). The number of nitrogens with two attached hydrogens (primary N) is 1. The van der Waals surface area contributed by atoms with Gasteiger partial charge in [0.15, 0.2) is 0 Å². The number of carbonyl (C=O) groups excluding carboxylic acids is 1. The van der Waals surface area contributed by atoms with Gasteiger partial charge in [0.25, 0.3) is 5.82 Å². The van der Waals surface area contributed by atoms with E-state index in [1.165, 1.54) is 0 Å². The van der Waals surface area contributed by atoms with Gasteiger partial charge in [-0.3, -0.25) is 4.79 Å². The van der Waals surface area contributed by atoms with Crippen LogP contribution in [0, 0.1) is 0 Å². The molecule has 0 aliphatic carbocycles. The fourth-order valence-corrected chi connectivity index (χ4v) is 2.49. The summed E-state index contributed by atoms with van der Waals surface area (Å²) in [7, 11) is 0. The van der Waals surface area contributed by atoms with Crippen molar-refractivity contribution in [2.75, 3.05) is 16.9 Å². The van der Waals surface area contributed by atoms with Gasteiger partial charge in [-0.15, -0.1) is 10.2 Å². The molecule has 2 aromatic rings. The highest BCUT2D eigenvalue weighted by Gasteiger charge is 2.38. The third kappa shape index (κ3) is 4.15. The van der Waals surface area contributed by atoms with E-state index in [0.717, 1.165) is 23.7 Å². The molecule has 0 fully saturated rings. The molecule has 23 heavy (non-hydrogen) atoms. The average molecular weight is 345 g/mol. The molecule has 0 bridgehead atoms. The number of rotatable bonds is 5. The van der Waals surface area contributed by atoms with Crippen LogP contribution in [0.1, 0.15) is 18.3 Å². The molecule has 10 heteroatoms. The molecule has 3 N–H and O–H groups in total. The van der Waals surface area contributed by atoms with Crippen molar-refractivity contribution < 1.29 is 18.0 Å². The number of halogens is 3. The van der Waals surface area contributed by atoms with Crippen molar-refractivity contribution in [1.29, 1.82) is 0 Å². The van der Waals surface area contributed by atoms with Gasteiger partial charge in [0, 0.05) is 5.69 Å². The lowest BCUT2D eigenvalue weighted by Gasteiger charge is -2.09. The van der Waals surface area contributed by atoms with Crippen LogP contribution in [0.2, 0.25) is 0 Å². The molecular formula is C13H14F3N5OS. The van der Waals surface area contributed by atoms with Crippen molar-refractivity contribution in [3.63, 3.8) is 0 Å². The summed E-state index contributed by atoms with van der Waals surface area (Å²) >= 11 is 0.777. The van der Waals surface area contributed by atoms with E-state index in [4.69, 9.17) is 5.84 Å². The molecule has 0 spiro atoms. The first-order valence-corrected chi connectivity index (χ1v) is 7.59. The molecule has 1 aromatic carbocycles. The Labute approximate surface area is 134 Å². The first-order chi connectivity index (χ1) is 10.8. The summed E-state index contributed by atoms with van der Waals surface area (Å²) in [6.07, 6.45) is -3.95. The maximum atomic E-state index is 12.5. The standard InChI is InChI=1S/C13H14F3N5OS/c1-2-8-5-3-4-6-9(8)18-10(22)7-23-12-20-19-11(21(12)17)13(14,15)16/h3-6H,2,7,17H2,1H3,(H,18,22). The number of benzene rings is 1. The lowest BCUT2D eigenvalue weighted by Crippen LogP contribution is -2.22. The van der Waals surface area contributed by atoms with Gasteiger partial charge in [0.1, 0.15) is 0 Å². The lowest BCUT2D eigenvalue weighted by atomic mass is 10.1. The van der Waals surface area contributed by atoms with Gasteiger partial charge in [-0.1, -0.05) is 36.9 Å². The highest BCUT2D eigenvalue weighted by atomic mass is 32.2. The van der Waals surface area contributed by atoms with E-state index < -0.39 is 12.0 Å². The van der Waals surface area contributed by atoms with E-state index in [2.05, 4.69) is 15.5 Å². The number of thioether (sulfide) groups is 1. The number of aryl methyl sites for hydroxylation is 1. The van der Waals surface area contributed by atoms with Crippen LogP contribution < -0.4 is 11.2 Å².